The van der Waals surface area contributed by atoms with Gasteiger partial charge in [0.25, 0.3) is 5.91 Å². The van der Waals surface area contributed by atoms with E-state index in [4.69, 9.17) is 5.73 Å². The van der Waals surface area contributed by atoms with Gasteiger partial charge in [0.15, 0.2) is 0 Å². The van der Waals surface area contributed by atoms with Crippen LogP contribution in [0.15, 0.2) is 18.2 Å². The van der Waals surface area contributed by atoms with E-state index in [1.54, 1.807) is 0 Å². The Morgan fingerprint density at radius 3 is 2.74 bits per heavy atom. The van der Waals surface area contributed by atoms with Gasteiger partial charge in [-0.15, -0.1) is 0 Å². The molecule has 106 valence electrons. The summed E-state index contributed by atoms with van der Waals surface area (Å²) in [6.07, 6.45) is 4.52. The molecular formula is C15H23FN2O. The van der Waals surface area contributed by atoms with E-state index in [9.17, 15) is 9.18 Å². The molecular weight excluding hydrogens is 243 g/mol. The van der Waals surface area contributed by atoms with Crippen LogP contribution in [-0.2, 0) is 0 Å². The van der Waals surface area contributed by atoms with Crippen molar-refractivity contribution in [2.45, 2.75) is 39.5 Å². The zero-order valence-corrected chi connectivity index (χ0v) is 11.7. The maximum absolute atomic E-state index is 13.0. The third-order valence-corrected chi connectivity index (χ3v) is 3.35. The number of carbonyl (C=O) groups excluding carboxylic acids is 1. The van der Waals surface area contributed by atoms with Gasteiger partial charge in [0.2, 0.25) is 0 Å². The first-order valence-electron chi connectivity index (χ1n) is 6.91. The summed E-state index contributed by atoms with van der Waals surface area (Å²) in [7, 11) is 0. The molecule has 0 bridgehead atoms. The SMILES string of the molecule is CCCCC(CC)CNC(=O)c1ccc(F)c(N)c1. The number of nitrogen functional groups attached to an aromatic ring is 1. The van der Waals surface area contributed by atoms with E-state index in [1.165, 1.54) is 31.0 Å². The van der Waals surface area contributed by atoms with Crippen LogP contribution in [0.3, 0.4) is 0 Å². The van der Waals surface area contributed by atoms with E-state index in [0.29, 0.717) is 18.0 Å². The van der Waals surface area contributed by atoms with Crippen LogP contribution < -0.4 is 11.1 Å². The van der Waals surface area contributed by atoms with E-state index >= 15 is 0 Å². The lowest BCUT2D eigenvalue weighted by molar-refractivity contribution is 0.0946. The van der Waals surface area contributed by atoms with E-state index in [-0.39, 0.29) is 11.6 Å². The number of amides is 1. The van der Waals surface area contributed by atoms with Gasteiger partial charge in [0.05, 0.1) is 5.69 Å². The number of carbonyl (C=O) groups is 1. The molecule has 0 aliphatic carbocycles. The standard InChI is InChI=1S/C15H23FN2O/c1-3-5-6-11(4-2)10-18-15(19)12-7-8-13(16)14(17)9-12/h7-9,11H,3-6,10,17H2,1-2H3,(H,18,19). The summed E-state index contributed by atoms with van der Waals surface area (Å²) < 4.78 is 13.0. The van der Waals surface area contributed by atoms with Crippen molar-refractivity contribution < 1.29 is 9.18 Å². The maximum atomic E-state index is 13.0. The average molecular weight is 266 g/mol. The van der Waals surface area contributed by atoms with Crippen LogP contribution in [0, 0.1) is 11.7 Å². The first-order chi connectivity index (χ1) is 9.08. The molecule has 1 unspecified atom stereocenters. The number of nitrogens with two attached hydrogens (primary N) is 1. The van der Waals surface area contributed by atoms with Gasteiger partial charge in [-0.3, -0.25) is 4.79 Å². The Labute approximate surface area is 114 Å². The topological polar surface area (TPSA) is 55.1 Å². The summed E-state index contributed by atoms with van der Waals surface area (Å²) >= 11 is 0. The van der Waals surface area contributed by atoms with E-state index in [2.05, 4.69) is 19.2 Å². The minimum atomic E-state index is -0.495. The van der Waals surface area contributed by atoms with Crippen LogP contribution in [0.1, 0.15) is 49.9 Å². The van der Waals surface area contributed by atoms with Gasteiger partial charge in [-0.2, -0.15) is 0 Å². The molecule has 4 heteroatoms. The molecule has 0 aromatic heterocycles. The second-order valence-corrected chi connectivity index (χ2v) is 4.86. The number of hydrogen-bond acceptors (Lipinski definition) is 2. The largest absolute Gasteiger partial charge is 0.396 e. The molecule has 1 aromatic carbocycles. The lowest BCUT2D eigenvalue weighted by atomic mass is 9.99. The first kappa shape index (κ1) is 15.5. The molecule has 1 rings (SSSR count). The highest BCUT2D eigenvalue weighted by Crippen LogP contribution is 2.14. The molecule has 19 heavy (non-hydrogen) atoms. The number of rotatable bonds is 7. The summed E-state index contributed by atoms with van der Waals surface area (Å²) in [6.45, 7) is 4.95. The van der Waals surface area contributed by atoms with Crippen molar-refractivity contribution >= 4 is 11.6 Å². The summed E-state index contributed by atoms with van der Waals surface area (Å²) in [5.74, 6) is -0.186. The molecule has 0 fully saturated rings. The van der Waals surface area contributed by atoms with Crippen molar-refractivity contribution in [2.24, 2.45) is 5.92 Å². The van der Waals surface area contributed by atoms with Crippen molar-refractivity contribution in [3.63, 3.8) is 0 Å². The highest BCUT2D eigenvalue weighted by atomic mass is 19.1. The summed E-state index contributed by atoms with van der Waals surface area (Å²) in [4.78, 5) is 11.9. The van der Waals surface area contributed by atoms with Crippen LogP contribution in [-0.4, -0.2) is 12.5 Å². The second kappa shape index (κ2) is 7.77. The fourth-order valence-electron chi connectivity index (χ4n) is 1.97. The predicted octanol–water partition coefficient (Wildman–Crippen LogP) is 3.35. The molecule has 1 atom stereocenters. The Balaban J connectivity index is 2.52. The summed E-state index contributed by atoms with van der Waals surface area (Å²) in [5, 5.41) is 2.89. The van der Waals surface area contributed by atoms with Crippen LogP contribution in [0.2, 0.25) is 0 Å². The monoisotopic (exact) mass is 266 g/mol. The molecule has 3 nitrogen and oxygen atoms in total. The minimum Gasteiger partial charge on any atom is -0.396 e. The highest BCUT2D eigenvalue weighted by Gasteiger charge is 2.11. The fourth-order valence-corrected chi connectivity index (χ4v) is 1.97. The molecule has 3 N–H and O–H groups in total. The Morgan fingerprint density at radius 2 is 2.16 bits per heavy atom. The van der Waals surface area contributed by atoms with Crippen molar-refractivity contribution in [3.8, 4) is 0 Å². The van der Waals surface area contributed by atoms with Gasteiger partial charge in [-0.05, 0) is 30.5 Å². The average Bonchev–Trinajstić information content (AvgIpc) is 2.41. The van der Waals surface area contributed by atoms with Gasteiger partial charge in [-0.25, -0.2) is 4.39 Å². The predicted molar refractivity (Wildman–Crippen MR) is 76.5 cm³/mol. The third kappa shape index (κ3) is 4.89. The smallest absolute Gasteiger partial charge is 0.251 e. The molecule has 0 radical (unpaired) electrons. The number of unbranched alkanes of at least 4 members (excludes halogenated alkanes) is 1. The van der Waals surface area contributed by atoms with Crippen LogP contribution in [0.4, 0.5) is 10.1 Å². The Bertz CT molecular complexity index is 421. The van der Waals surface area contributed by atoms with Crippen molar-refractivity contribution in [2.75, 3.05) is 12.3 Å². The van der Waals surface area contributed by atoms with Crippen molar-refractivity contribution in [3.05, 3.63) is 29.6 Å². The first-order valence-corrected chi connectivity index (χ1v) is 6.91. The highest BCUT2D eigenvalue weighted by molar-refractivity contribution is 5.95. The number of nitrogens with one attached hydrogen (secondary N) is 1. The fraction of sp³-hybridized carbons (Fsp3) is 0.533. The van der Waals surface area contributed by atoms with E-state index in [1.807, 2.05) is 0 Å². The molecule has 0 aliphatic heterocycles. The number of hydrogen-bond donors (Lipinski definition) is 2. The molecule has 0 spiro atoms. The van der Waals surface area contributed by atoms with Crippen LogP contribution in [0.25, 0.3) is 0 Å². The van der Waals surface area contributed by atoms with E-state index in [0.717, 1.165) is 12.8 Å². The molecule has 1 amide bonds. The Kier molecular flexibility index (Phi) is 6.33. The number of anilines is 1. The molecule has 0 aliphatic rings. The third-order valence-electron chi connectivity index (χ3n) is 3.35. The van der Waals surface area contributed by atoms with Crippen molar-refractivity contribution in [1.29, 1.82) is 0 Å². The molecule has 1 aromatic rings. The van der Waals surface area contributed by atoms with Gasteiger partial charge in [0, 0.05) is 12.1 Å². The zero-order valence-electron chi connectivity index (χ0n) is 11.7. The second-order valence-electron chi connectivity index (χ2n) is 4.86. The zero-order chi connectivity index (χ0) is 14.3. The lowest BCUT2D eigenvalue weighted by Gasteiger charge is -2.15. The number of benzene rings is 1. The summed E-state index contributed by atoms with van der Waals surface area (Å²) in [6, 6.07) is 4.05. The van der Waals surface area contributed by atoms with Gasteiger partial charge >= 0.3 is 0 Å². The van der Waals surface area contributed by atoms with Gasteiger partial charge < -0.3 is 11.1 Å². The molecule has 0 saturated heterocycles. The van der Waals surface area contributed by atoms with E-state index < -0.39 is 5.82 Å². The molecule has 0 heterocycles. The van der Waals surface area contributed by atoms with Crippen molar-refractivity contribution in [1.82, 2.24) is 5.32 Å². The van der Waals surface area contributed by atoms with Crippen LogP contribution >= 0.6 is 0 Å². The lowest BCUT2D eigenvalue weighted by Crippen LogP contribution is -2.29. The number of halogens is 1. The van der Waals surface area contributed by atoms with Gasteiger partial charge in [-0.1, -0.05) is 33.1 Å². The normalized spacial score (nSPS) is 12.2. The van der Waals surface area contributed by atoms with Gasteiger partial charge in [0.1, 0.15) is 5.82 Å². The summed E-state index contributed by atoms with van der Waals surface area (Å²) in [5.41, 5.74) is 5.86. The van der Waals surface area contributed by atoms with Crippen LogP contribution in [0.5, 0.6) is 0 Å². The minimum absolute atomic E-state index is 0.00525. The maximum Gasteiger partial charge on any atom is 0.251 e. The Hall–Kier alpha value is -1.58. The Morgan fingerprint density at radius 1 is 1.42 bits per heavy atom. The molecule has 0 saturated carbocycles. The quantitative estimate of drug-likeness (QED) is 0.743.